The Bertz CT molecular complexity index is 608. The molecule has 0 bridgehead atoms. The molecule has 1 heterocycles. The predicted molar refractivity (Wildman–Crippen MR) is 67.7 cm³/mol. The molecule has 0 aliphatic carbocycles. The lowest BCUT2D eigenvalue weighted by Gasteiger charge is -2.16. The summed E-state index contributed by atoms with van der Waals surface area (Å²) in [6.07, 6.45) is 0.490. The molecule has 7 nitrogen and oxygen atoms in total. The van der Waals surface area contributed by atoms with Crippen LogP contribution in [0.25, 0.3) is 11.0 Å². The summed E-state index contributed by atoms with van der Waals surface area (Å²) in [5.74, 6) is -1.01. The van der Waals surface area contributed by atoms with Gasteiger partial charge in [-0.1, -0.05) is 0 Å². The number of hydrogen-bond donors (Lipinski definition) is 2. The lowest BCUT2D eigenvalue weighted by atomic mass is 10.1. The number of aromatic amines is 1. The van der Waals surface area contributed by atoms with Crippen LogP contribution in [0, 0.1) is 0 Å². The van der Waals surface area contributed by atoms with Gasteiger partial charge in [0.2, 0.25) is 0 Å². The van der Waals surface area contributed by atoms with E-state index in [4.69, 9.17) is 5.11 Å². The molecule has 1 aromatic carbocycles. The summed E-state index contributed by atoms with van der Waals surface area (Å²) < 4.78 is 0. The van der Waals surface area contributed by atoms with Gasteiger partial charge in [0.05, 0.1) is 0 Å². The first-order valence-corrected chi connectivity index (χ1v) is 5.85. The third-order valence-electron chi connectivity index (χ3n) is 2.79. The fraction of sp³-hybridized carbons (Fsp3) is 0.333. The molecule has 2 rings (SSSR count). The van der Waals surface area contributed by atoms with Crippen LogP contribution in [0.1, 0.15) is 23.2 Å². The molecule has 0 radical (unpaired) electrons. The minimum absolute atomic E-state index is 0.0555. The van der Waals surface area contributed by atoms with Crippen molar-refractivity contribution in [1.82, 2.24) is 20.3 Å². The summed E-state index contributed by atoms with van der Waals surface area (Å²) in [6, 6.07) is 5.06. The fourth-order valence-corrected chi connectivity index (χ4v) is 1.76. The van der Waals surface area contributed by atoms with Crippen molar-refractivity contribution in [2.24, 2.45) is 0 Å². The molecule has 2 aromatic rings. The Morgan fingerprint density at radius 3 is 2.79 bits per heavy atom. The standard InChI is InChI=1S/C12H14N4O3/c1-16(6-2-3-11(17)18)12(19)8-4-5-9-10(7-8)14-15-13-9/h4-5,7H,2-3,6H2,1H3,(H,17,18)(H,13,14,15). The highest BCUT2D eigenvalue weighted by molar-refractivity contribution is 5.97. The van der Waals surface area contributed by atoms with Gasteiger partial charge in [-0.2, -0.15) is 15.4 Å². The highest BCUT2D eigenvalue weighted by Gasteiger charge is 2.13. The fourth-order valence-electron chi connectivity index (χ4n) is 1.76. The van der Waals surface area contributed by atoms with Gasteiger partial charge in [0.15, 0.2) is 0 Å². The van der Waals surface area contributed by atoms with Crippen molar-refractivity contribution >= 4 is 22.9 Å². The van der Waals surface area contributed by atoms with Crippen LogP contribution in [0.3, 0.4) is 0 Å². The molecule has 19 heavy (non-hydrogen) atoms. The molecule has 0 unspecified atom stereocenters. The summed E-state index contributed by atoms with van der Waals surface area (Å²) in [5, 5.41) is 18.9. The van der Waals surface area contributed by atoms with Crippen LogP contribution in [0.4, 0.5) is 0 Å². The van der Waals surface area contributed by atoms with E-state index in [2.05, 4.69) is 15.4 Å². The number of benzene rings is 1. The summed E-state index contributed by atoms with van der Waals surface area (Å²) >= 11 is 0. The Morgan fingerprint density at radius 2 is 2.05 bits per heavy atom. The maximum Gasteiger partial charge on any atom is 0.303 e. The van der Waals surface area contributed by atoms with Crippen molar-refractivity contribution in [3.8, 4) is 0 Å². The molecule has 0 fully saturated rings. The van der Waals surface area contributed by atoms with Gasteiger partial charge in [-0.15, -0.1) is 0 Å². The first-order valence-electron chi connectivity index (χ1n) is 5.85. The Morgan fingerprint density at radius 1 is 1.32 bits per heavy atom. The van der Waals surface area contributed by atoms with E-state index in [9.17, 15) is 9.59 Å². The van der Waals surface area contributed by atoms with E-state index in [-0.39, 0.29) is 12.3 Å². The Balaban J connectivity index is 2.03. The second-order valence-electron chi connectivity index (χ2n) is 4.25. The van der Waals surface area contributed by atoms with Gasteiger partial charge in [0.25, 0.3) is 5.91 Å². The molecule has 0 spiro atoms. The van der Waals surface area contributed by atoms with E-state index >= 15 is 0 Å². The zero-order valence-electron chi connectivity index (χ0n) is 10.5. The number of aliphatic carboxylic acids is 1. The number of carbonyl (C=O) groups is 2. The van der Waals surface area contributed by atoms with Crippen molar-refractivity contribution in [1.29, 1.82) is 0 Å². The molecule has 100 valence electrons. The number of hydrogen-bond acceptors (Lipinski definition) is 4. The maximum atomic E-state index is 12.1. The number of carboxylic acids is 1. The quantitative estimate of drug-likeness (QED) is 0.833. The third-order valence-corrected chi connectivity index (χ3v) is 2.79. The van der Waals surface area contributed by atoms with Crippen molar-refractivity contribution in [2.75, 3.05) is 13.6 Å². The van der Waals surface area contributed by atoms with Crippen molar-refractivity contribution in [3.63, 3.8) is 0 Å². The number of nitrogens with one attached hydrogen (secondary N) is 1. The smallest absolute Gasteiger partial charge is 0.303 e. The SMILES string of the molecule is CN(CCCC(=O)O)C(=O)c1ccc2n[nH]nc2c1. The zero-order chi connectivity index (χ0) is 13.8. The Kier molecular flexibility index (Phi) is 3.74. The topological polar surface area (TPSA) is 99.2 Å². The van der Waals surface area contributed by atoms with Crippen molar-refractivity contribution in [2.45, 2.75) is 12.8 Å². The van der Waals surface area contributed by atoms with Crippen LogP contribution in [0.2, 0.25) is 0 Å². The summed E-state index contributed by atoms with van der Waals surface area (Å²) in [6.45, 7) is 0.405. The number of H-pyrrole nitrogens is 1. The van der Waals surface area contributed by atoms with Gasteiger partial charge < -0.3 is 10.0 Å². The Labute approximate surface area is 109 Å². The molecule has 0 aliphatic heterocycles. The average Bonchev–Trinajstić information content (AvgIpc) is 2.84. The maximum absolute atomic E-state index is 12.1. The van der Waals surface area contributed by atoms with Crippen LogP contribution in [0.5, 0.6) is 0 Å². The van der Waals surface area contributed by atoms with E-state index in [0.29, 0.717) is 29.6 Å². The molecule has 2 N–H and O–H groups in total. The van der Waals surface area contributed by atoms with Gasteiger partial charge in [-0.3, -0.25) is 9.59 Å². The molecule has 1 aromatic heterocycles. The number of rotatable bonds is 5. The largest absolute Gasteiger partial charge is 0.481 e. The number of amides is 1. The normalized spacial score (nSPS) is 10.6. The number of carbonyl (C=O) groups excluding carboxylic acids is 1. The van der Waals surface area contributed by atoms with E-state index in [1.807, 2.05) is 0 Å². The second kappa shape index (κ2) is 5.47. The first kappa shape index (κ1) is 13.0. The zero-order valence-corrected chi connectivity index (χ0v) is 10.5. The second-order valence-corrected chi connectivity index (χ2v) is 4.25. The highest BCUT2D eigenvalue weighted by Crippen LogP contribution is 2.12. The summed E-state index contributed by atoms with van der Waals surface area (Å²) in [5.41, 5.74) is 1.84. The van der Waals surface area contributed by atoms with Crippen LogP contribution in [0.15, 0.2) is 18.2 Å². The van der Waals surface area contributed by atoms with E-state index in [0.717, 1.165) is 0 Å². The van der Waals surface area contributed by atoms with Gasteiger partial charge in [0.1, 0.15) is 11.0 Å². The van der Waals surface area contributed by atoms with Crippen LogP contribution in [-0.2, 0) is 4.79 Å². The van der Waals surface area contributed by atoms with Gasteiger partial charge in [0, 0.05) is 25.6 Å². The minimum atomic E-state index is -0.857. The minimum Gasteiger partial charge on any atom is -0.481 e. The molecule has 7 heteroatoms. The molecule has 0 atom stereocenters. The van der Waals surface area contributed by atoms with Gasteiger partial charge in [-0.25, -0.2) is 0 Å². The van der Waals surface area contributed by atoms with Crippen LogP contribution in [-0.4, -0.2) is 50.9 Å². The summed E-state index contributed by atoms with van der Waals surface area (Å²) in [7, 11) is 1.65. The molecule has 0 saturated carbocycles. The lowest BCUT2D eigenvalue weighted by Crippen LogP contribution is -2.28. The highest BCUT2D eigenvalue weighted by atomic mass is 16.4. The van der Waals surface area contributed by atoms with E-state index in [1.165, 1.54) is 4.90 Å². The number of aromatic nitrogens is 3. The van der Waals surface area contributed by atoms with Crippen molar-refractivity contribution in [3.05, 3.63) is 23.8 Å². The van der Waals surface area contributed by atoms with Crippen LogP contribution >= 0.6 is 0 Å². The molecular formula is C12H14N4O3. The van der Waals surface area contributed by atoms with Crippen LogP contribution < -0.4 is 0 Å². The van der Waals surface area contributed by atoms with Gasteiger partial charge in [-0.05, 0) is 24.6 Å². The molecule has 1 amide bonds. The Hall–Kier alpha value is -2.44. The van der Waals surface area contributed by atoms with Gasteiger partial charge >= 0.3 is 5.97 Å². The van der Waals surface area contributed by atoms with Crippen molar-refractivity contribution < 1.29 is 14.7 Å². The van der Waals surface area contributed by atoms with E-state index < -0.39 is 5.97 Å². The van der Waals surface area contributed by atoms with E-state index in [1.54, 1.807) is 25.2 Å². The first-order chi connectivity index (χ1) is 9.08. The third kappa shape index (κ3) is 3.06. The molecule has 0 saturated heterocycles. The average molecular weight is 262 g/mol. The summed E-state index contributed by atoms with van der Waals surface area (Å²) in [4.78, 5) is 24.0. The molecular weight excluding hydrogens is 248 g/mol. The number of fused-ring (bicyclic) bond motifs is 1. The predicted octanol–water partition coefficient (Wildman–Crippen LogP) is 0.895. The number of nitrogens with zero attached hydrogens (tertiary/aromatic N) is 3. The lowest BCUT2D eigenvalue weighted by molar-refractivity contribution is -0.137. The monoisotopic (exact) mass is 262 g/mol. The molecule has 0 aliphatic rings. The number of carboxylic acid groups (broad SMARTS) is 1.